The van der Waals surface area contributed by atoms with Crippen molar-refractivity contribution in [2.75, 3.05) is 11.9 Å². The van der Waals surface area contributed by atoms with E-state index in [1.165, 1.54) is 0 Å². The number of nitrogens with zero attached hydrogens (tertiary/aromatic N) is 2. The first-order valence-electron chi connectivity index (χ1n) is 8.26. The van der Waals surface area contributed by atoms with Crippen LogP contribution in [-0.4, -0.2) is 27.7 Å². The minimum absolute atomic E-state index is 0.0215. The van der Waals surface area contributed by atoms with E-state index in [9.17, 15) is 9.50 Å². The van der Waals surface area contributed by atoms with Gasteiger partial charge in [-0.1, -0.05) is 49.4 Å². The highest BCUT2D eigenvalue weighted by Gasteiger charge is 2.13. The third-order valence-corrected chi connectivity index (χ3v) is 4.08. The van der Waals surface area contributed by atoms with Gasteiger partial charge in [-0.3, -0.25) is 4.98 Å². The maximum absolute atomic E-state index is 14.9. The summed E-state index contributed by atoms with van der Waals surface area (Å²) in [6.45, 7) is 1.99. The van der Waals surface area contributed by atoms with E-state index in [0.29, 0.717) is 22.6 Å². The zero-order chi connectivity index (χ0) is 17.6. The molecule has 1 heterocycles. The normalized spacial score (nSPS) is 12.0. The Morgan fingerprint density at radius 3 is 2.40 bits per heavy atom. The Labute approximate surface area is 146 Å². The number of aliphatic hydroxyl groups excluding tert-OH is 1. The molecule has 0 unspecified atom stereocenters. The summed E-state index contributed by atoms with van der Waals surface area (Å²) >= 11 is 0. The molecule has 5 heteroatoms. The molecule has 1 aromatic heterocycles. The first kappa shape index (κ1) is 17.0. The summed E-state index contributed by atoms with van der Waals surface area (Å²) in [5, 5.41) is 12.3. The van der Waals surface area contributed by atoms with Crippen LogP contribution in [0.3, 0.4) is 0 Å². The van der Waals surface area contributed by atoms with Gasteiger partial charge in [0.05, 0.1) is 30.7 Å². The van der Waals surface area contributed by atoms with Crippen molar-refractivity contribution >= 4 is 5.82 Å². The lowest BCUT2D eigenvalue weighted by atomic mass is 10.0. The number of hydrogen-bond acceptors (Lipinski definition) is 4. The quantitative estimate of drug-likeness (QED) is 0.710. The number of aliphatic hydroxyl groups is 1. The second kappa shape index (κ2) is 7.85. The Bertz CT molecular complexity index is 818. The Kier molecular flexibility index (Phi) is 5.36. The fourth-order valence-electron chi connectivity index (χ4n) is 2.60. The maximum Gasteiger partial charge on any atom is 0.144 e. The molecular weight excluding hydrogens is 317 g/mol. The van der Waals surface area contributed by atoms with Crippen molar-refractivity contribution in [3.05, 3.63) is 66.7 Å². The minimum Gasteiger partial charge on any atom is -0.394 e. The molecule has 4 nitrogen and oxygen atoms in total. The van der Waals surface area contributed by atoms with Gasteiger partial charge < -0.3 is 10.4 Å². The summed E-state index contributed by atoms with van der Waals surface area (Å²) in [5.74, 6) is 0.245. The molecule has 0 aliphatic rings. The SMILES string of the molecule is CC[C@H](CO)Nc1cnc(-c2cccc(-c3ccccc3)c2F)cn1. The van der Waals surface area contributed by atoms with E-state index in [0.717, 1.165) is 12.0 Å². The molecule has 25 heavy (non-hydrogen) atoms. The Hall–Kier alpha value is -2.79. The van der Waals surface area contributed by atoms with Gasteiger partial charge in [0.2, 0.25) is 0 Å². The molecule has 0 amide bonds. The zero-order valence-electron chi connectivity index (χ0n) is 14.0. The first-order chi connectivity index (χ1) is 12.2. The van der Waals surface area contributed by atoms with Crippen LogP contribution < -0.4 is 5.32 Å². The highest BCUT2D eigenvalue weighted by molar-refractivity contribution is 5.72. The molecule has 0 aliphatic carbocycles. The number of aromatic nitrogens is 2. The molecule has 0 radical (unpaired) electrons. The van der Waals surface area contributed by atoms with Crippen molar-refractivity contribution < 1.29 is 9.50 Å². The molecule has 0 spiro atoms. The summed E-state index contributed by atoms with van der Waals surface area (Å²) < 4.78 is 14.9. The van der Waals surface area contributed by atoms with Gasteiger partial charge in [0.1, 0.15) is 11.6 Å². The second-order valence-electron chi connectivity index (χ2n) is 5.75. The maximum atomic E-state index is 14.9. The highest BCUT2D eigenvalue weighted by Crippen LogP contribution is 2.29. The van der Waals surface area contributed by atoms with Crippen LogP contribution in [0.25, 0.3) is 22.4 Å². The van der Waals surface area contributed by atoms with Crippen LogP contribution in [0.15, 0.2) is 60.9 Å². The summed E-state index contributed by atoms with van der Waals surface area (Å²) in [6.07, 6.45) is 3.87. The molecule has 3 rings (SSSR count). The lowest BCUT2D eigenvalue weighted by Crippen LogP contribution is -2.23. The molecule has 0 bridgehead atoms. The van der Waals surface area contributed by atoms with Gasteiger partial charge in [-0.15, -0.1) is 0 Å². The molecule has 128 valence electrons. The van der Waals surface area contributed by atoms with Crippen molar-refractivity contribution in [2.45, 2.75) is 19.4 Å². The summed E-state index contributed by atoms with van der Waals surface area (Å²) in [7, 11) is 0. The van der Waals surface area contributed by atoms with E-state index >= 15 is 0 Å². The lowest BCUT2D eigenvalue weighted by Gasteiger charge is -2.14. The number of anilines is 1. The third kappa shape index (κ3) is 3.83. The average molecular weight is 337 g/mol. The van der Waals surface area contributed by atoms with E-state index < -0.39 is 0 Å². The monoisotopic (exact) mass is 337 g/mol. The summed E-state index contributed by atoms with van der Waals surface area (Å²) in [4.78, 5) is 8.60. The van der Waals surface area contributed by atoms with Crippen LogP contribution in [0.4, 0.5) is 10.2 Å². The molecular formula is C20H20FN3O. The van der Waals surface area contributed by atoms with E-state index in [4.69, 9.17) is 0 Å². The van der Waals surface area contributed by atoms with Crippen LogP contribution in [0.1, 0.15) is 13.3 Å². The van der Waals surface area contributed by atoms with Crippen molar-refractivity contribution in [3.8, 4) is 22.4 Å². The average Bonchev–Trinajstić information content (AvgIpc) is 2.67. The molecule has 0 saturated heterocycles. The molecule has 0 aliphatic heterocycles. The van der Waals surface area contributed by atoms with E-state index in [1.54, 1.807) is 24.5 Å². The molecule has 1 atom stereocenters. The number of halogens is 1. The van der Waals surface area contributed by atoms with Crippen LogP contribution in [0.5, 0.6) is 0 Å². The van der Waals surface area contributed by atoms with Crippen LogP contribution in [0.2, 0.25) is 0 Å². The number of rotatable bonds is 6. The zero-order valence-corrected chi connectivity index (χ0v) is 14.0. The second-order valence-corrected chi connectivity index (χ2v) is 5.75. The smallest absolute Gasteiger partial charge is 0.144 e. The Morgan fingerprint density at radius 1 is 1.00 bits per heavy atom. The van der Waals surface area contributed by atoms with Crippen LogP contribution in [0, 0.1) is 5.82 Å². The van der Waals surface area contributed by atoms with Gasteiger partial charge in [0, 0.05) is 11.1 Å². The first-order valence-corrected chi connectivity index (χ1v) is 8.26. The van der Waals surface area contributed by atoms with E-state index in [2.05, 4.69) is 15.3 Å². The van der Waals surface area contributed by atoms with Gasteiger partial charge in [-0.05, 0) is 18.1 Å². The molecule has 2 aromatic carbocycles. The van der Waals surface area contributed by atoms with Crippen molar-refractivity contribution in [2.24, 2.45) is 0 Å². The van der Waals surface area contributed by atoms with E-state index in [-0.39, 0.29) is 18.5 Å². The third-order valence-electron chi connectivity index (χ3n) is 4.08. The Morgan fingerprint density at radius 2 is 1.76 bits per heavy atom. The summed E-state index contributed by atoms with van der Waals surface area (Å²) in [6, 6.07) is 14.6. The largest absolute Gasteiger partial charge is 0.394 e. The van der Waals surface area contributed by atoms with Gasteiger partial charge in [-0.2, -0.15) is 0 Å². The van der Waals surface area contributed by atoms with Crippen LogP contribution in [-0.2, 0) is 0 Å². The van der Waals surface area contributed by atoms with Crippen LogP contribution >= 0.6 is 0 Å². The number of hydrogen-bond donors (Lipinski definition) is 2. The minimum atomic E-state index is -0.314. The number of benzene rings is 2. The fourth-order valence-corrected chi connectivity index (χ4v) is 2.60. The predicted octanol–water partition coefficient (Wildman–Crippen LogP) is 4.13. The molecule has 0 saturated carbocycles. The Balaban J connectivity index is 1.90. The molecule has 3 aromatic rings. The summed E-state index contributed by atoms with van der Waals surface area (Å²) in [5.41, 5.74) is 2.24. The van der Waals surface area contributed by atoms with Gasteiger partial charge in [0.15, 0.2) is 0 Å². The topological polar surface area (TPSA) is 58.0 Å². The standard InChI is InChI=1S/C20H20FN3O/c1-2-15(13-25)24-19-12-22-18(11-23-19)17-10-6-9-16(20(17)21)14-7-4-3-5-8-14/h3-12,15,25H,2,13H2,1H3,(H,23,24)/t15-/m1/s1. The van der Waals surface area contributed by atoms with Crippen molar-refractivity contribution in [1.82, 2.24) is 9.97 Å². The van der Waals surface area contributed by atoms with Crippen molar-refractivity contribution in [1.29, 1.82) is 0 Å². The van der Waals surface area contributed by atoms with Gasteiger partial charge >= 0.3 is 0 Å². The lowest BCUT2D eigenvalue weighted by molar-refractivity contribution is 0.271. The van der Waals surface area contributed by atoms with Crippen molar-refractivity contribution in [3.63, 3.8) is 0 Å². The molecule has 2 N–H and O–H groups in total. The van der Waals surface area contributed by atoms with E-state index in [1.807, 2.05) is 43.3 Å². The predicted molar refractivity (Wildman–Crippen MR) is 97.6 cm³/mol. The molecule has 0 fully saturated rings. The van der Waals surface area contributed by atoms with Gasteiger partial charge in [-0.25, -0.2) is 9.37 Å². The number of nitrogens with one attached hydrogen (secondary N) is 1. The van der Waals surface area contributed by atoms with Gasteiger partial charge in [0.25, 0.3) is 0 Å². The fraction of sp³-hybridized carbons (Fsp3) is 0.200. The highest BCUT2D eigenvalue weighted by atomic mass is 19.1.